The van der Waals surface area contributed by atoms with Crippen LogP contribution in [0.1, 0.15) is 17.6 Å². The number of rotatable bonds is 5. The van der Waals surface area contributed by atoms with Crippen LogP contribution in [0.5, 0.6) is 0 Å². The molecular formula is C13H23N3OS. The first-order chi connectivity index (χ1) is 8.72. The van der Waals surface area contributed by atoms with Gasteiger partial charge in [0.15, 0.2) is 0 Å². The number of hydrogen-bond donors (Lipinski definition) is 1. The summed E-state index contributed by atoms with van der Waals surface area (Å²) >= 11 is 1.72. The van der Waals surface area contributed by atoms with Crippen LogP contribution in [0.2, 0.25) is 0 Å². The maximum atomic E-state index is 5.91. The Balaban J connectivity index is 1.95. The van der Waals surface area contributed by atoms with Crippen molar-refractivity contribution in [3.8, 4) is 0 Å². The Morgan fingerprint density at radius 2 is 2.50 bits per heavy atom. The van der Waals surface area contributed by atoms with Crippen LogP contribution in [0.15, 0.2) is 5.38 Å². The van der Waals surface area contributed by atoms with Crippen LogP contribution in [0, 0.1) is 6.92 Å². The summed E-state index contributed by atoms with van der Waals surface area (Å²) in [6.07, 6.45) is 1.22. The van der Waals surface area contributed by atoms with Crippen LogP contribution < -0.4 is 5.32 Å². The summed E-state index contributed by atoms with van der Waals surface area (Å²) in [5.74, 6) is 0. The summed E-state index contributed by atoms with van der Waals surface area (Å²) in [5, 5.41) is 6.68. The van der Waals surface area contributed by atoms with Gasteiger partial charge in [0.2, 0.25) is 0 Å². The van der Waals surface area contributed by atoms with Crippen LogP contribution in [-0.2, 0) is 11.2 Å². The third-order valence-electron chi connectivity index (χ3n) is 3.54. The third kappa shape index (κ3) is 3.51. The van der Waals surface area contributed by atoms with Gasteiger partial charge < -0.3 is 10.1 Å². The Hall–Kier alpha value is -0.490. The smallest absolute Gasteiger partial charge is 0.0897 e. The lowest BCUT2D eigenvalue weighted by atomic mass is 10.0. The molecule has 5 heteroatoms. The normalized spacial score (nSPS) is 23.2. The summed E-state index contributed by atoms with van der Waals surface area (Å²) in [4.78, 5) is 6.99. The molecule has 2 heterocycles. The first-order valence-electron chi connectivity index (χ1n) is 6.65. The van der Waals surface area contributed by atoms with Crippen molar-refractivity contribution in [2.24, 2.45) is 0 Å². The summed E-state index contributed by atoms with van der Waals surface area (Å²) in [5.41, 5.74) is 1.18. The fraction of sp³-hybridized carbons (Fsp3) is 0.769. The monoisotopic (exact) mass is 269 g/mol. The standard InChI is InChI=1S/C13H23N3OS/c1-4-16-5-6-17-13(8-16)12(14-3)7-11-9-18-10(2)15-11/h9,12-14H,4-8H2,1-3H3. The average Bonchev–Trinajstić information content (AvgIpc) is 2.81. The highest BCUT2D eigenvalue weighted by atomic mass is 32.1. The second kappa shape index (κ2) is 6.61. The minimum atomic E-state index is 0.269. The van der Waals surface area contributed by atoms with Crippen molar-refractivity contribution < 1.29 is 4.74 Å². The summed E-state index contributed by atoms with van der Waals surface area (Å²) < 4.78 is 5.91. The van der Waals surface area contributed by atoms with E-state index in [0.29, 0.717) is 6.04 Å². The van der Waals surface area contributed by atoms with E-state index in [1.807, 2.05) is 7.05 Å². The summed E-state index contributed by atoms with van der Waals surface area (Å²) in [6.45, 7) is 8.28. The molecule has 1 N–H and O–H groups in total. The van der Waals surface area contributed by atoms with Gasteiger partial charge in [0.1, 0.15) is 0 Å². The first kappa shape index (κ1) is 13.9. The van der Waals surface area contributed by atoms with E-state index in [1.165, 1.54) is 5.69 Å². The maximum Gasteiger partial charge on any atom is 0.0897 e. The lowest BCUT2D eigenvalue weighted by Crippen LogP contribution is -2.52. The molecule has 2 unspecified atom stereocenters. The molecule has 0 bridgehead atoms. The Morgan fingerprint density at radius 1 is 1.67 bits per heavy atom. The zero-order valence-corrected chi connectivity index (χ0v) is 12.3. The Labute approximate surface area is 113 Å². The number of hydrogen-bond acceptors (Lipinski definition) is 5. The quantitative estimate of drug-likeness (QED) is 0.874. The van der Waals surface area contributed by atoms with Crippen LogP contribution >= 0.6 is 11.3 Å². The highest BCUT2D eigenvalue weighted by molar-refractivity contribution is 7.09. The maximum absolute atomic E-state index is 5.91. The van der Waals surface area contributed by atoms with Crippen molar-refractivity contribution in [2.75, 3.05) is 33.3 Å². The molecule has 102 valence electrons. The van der Waals surface area contributed by atoms with Crippen molar-refractivity contribution >= 4 is 11.3 Å². The predicted molar refractivity (Wildman–Crippen MR) is 75.3 cm³/mol. The lowest BCUT2D eigenvalue weighted by Gasteiger charge is -2.36. The SMILES string of the molecule is CCN1CCOC(C(Cc2csc(C)n2)NC)C1. The molecule has 0 aromatic carbocycles. The van der Waals surface area contributed by atoms with Gasteiger partial charge in [-0.05, 0) is 20.5 Å². The van der Waals surface area contributed by atoms with E-state index in [0.717, 1.165) is 37.7 Å². The van der Waals surface area contributed by atoms with Crippen molar-refractivity contribution in [1.29, 1.82) is 0 Å². The molecule has 0 saturated carbocycles. The molecule has 2 atom stereocenters. The van der Waals surface area contributed by atoms with Crippen LogP contribution in [0.4, 0.5) is 0 Å². The predicted octanol–water partition coefficient (Wildman–Crippen LogP) is 1.30. The lowest BCUT2D eigenvalue weighted by molar-refractivity contribution is -0.0437. The van der Waals surface area contributed by atoms with E-state index in [4.69, 9.17) is 4.74 Å². The molecule has 1 aromatic heterocycles. The minimum Gasteiger partial charge on any atom is -0.374 e. The number of thiazole rings is 1. The number of ether oxygens (including phenoxy) is 1. The van der Waals surface area contributed by atoms with Gasteiger partial charge in [-0.1, -0.05) is 6.92 Å². The van der Waals surface area contributed by atoms with Gasteiger partial charge in [-0.15, -0.1) is 11.3 Å². The van der Waals surface area contributed by atoms with Crippen LogP contribution in [-0.4, -0.2) is 55.3 Å². The van der Waals surface area contributed by atoms with Gasteiger partial charge in [0.25, 0.3) is 0 Å². The molecule has 1 aliphatic heterocycles. The average molecular weight is 269 g/mol. The van der Waals surface area contributed by atoms with E-state index in [1.54, 1.807) is 11.3 Å². The molecule has 0 amide bonds. The number of aromatic nitrogens is 1. The fourth-order valence-electron chi connectivity index (χ4n) is 2.41. The topological polar surface area (TPSA) is 37.4 Å². The minimum absolute atomic E-state index is 0.269. The zero-order chi connectivity index (χ0) is 13.0. The highest BCUT2D eigenvalue weighted by Gasteiger charge is 2.27. The van der Waals surface area contributed by atoms with Gasteiger partial charge in [-0.2, -0.15) is 0 Å². The highest BCUT2D eigenvalue weighted by Crippen LogP contribution is 2.15. The molecule has 0 aliphatic carbocycles. The van der Waals surface area contributed by atoms with Crippen molar-refractivity contribution in [3.63, 3.8) is 0 Å². The second-order valence-electron chi connectivity index (χ2n) is 4.76. The summed E-state index contributed by atoms with van der Waals surface area (Å²) in [7, 11) is 2.01. The largest absolute Gasteiger partial charge is 0.374 e. The molecular weight excluding hydrogens is 246 g/mol. The Kier molecular flexibility index (Phi) is 5.12. The molecule has 1 saturated heterocycles. The fourth-order valence-corrected chi connectivity index (χ4v) is 3.03. The molecule has 0 spiro atoms. The van der Waals surface area contributed by atoms with Gasteiger partial charge in [-0.3, -0.25) is 4.90 Å². The van der Waals surface area contributed by atoms with E-state index in [-0.39, 0.29) is 6.10 Å². The molecule has 1 aromatic rings. The number of aryl methyl sites for hydroxylation is 1. The summed E-state index contributed by atoms with van der Waals surface area (Å²) in [6, 6.07) is 0.348. The van der Waals surface area contributed by atoms with E-state index in [9.17, 15) is 0 Å². The Bertz CT molecular complexity index is 369. The van der Waals surface area contributed by atoms with E-state index in [2.05, 4.69) is 34.4 Å². The third-order valence-corrected chi connectivity index (χ3v) is 4.36. The Morgan fingerprint density at radius 3 is 3.11 bits per heavy atom. The number of nitrogens with one attached hydrogen (secondary N) is 1. The van der Waals surface area contributed by atoms with Crippen molar-refractivity contribution in [3.05, 3.63) is 16.1 Å². The van der Waals surface area contributed by atoms with Crippen molar-refractivity contribution in [2.45, 2.75) is 32.4 Å². The number of nitrogens with zero attached hydrogens (tertiary/aromatic N) is 2. The molecule has 1 aliphatic rings. The van der Waals surface area contributed by atoms with Gasteiger partial charge in [0, 0.05) is 30.9 Å². The molecule has 4 nitrogen and oxygen atoms in total. The molecule has 18 heavy (non-hydrogen) atoms. The zero-order valence-electron chi connectivity index (χ0n) is 11.5. The van der Waals surface area contributed by atoms with E-state index < -0.39 is 0 Å². The molecule has 2 rings (SSSR count). The first-order valence-corrected chi connectivity index (χ1v) is 7.53. The van der Waals surface area contributed by atoms with Gasteiger partial charge >= 0.3 is 0 Å². The van der Waals surface area contributed by atoms with Crippen molar-refractivity contribution in [1.82, 2.24) is 15.2 Å². The van der Waals surface area contributed by atoms with E-state index >= 15 is 0 Å². The van der Waals surface area contributed by atoms with Crippen LogP contribution in [0.3, 0.4) is 0 Å². The number of likely N-dealkylation sites (N-methyl/N-ethyl adjacent to an activating group) is 2. The van der Waals surface area contributed by atoms with Crippen LogP contribution in [0.25, 0.3) is 0 Å². The number of morpholine rings is 1. The van der Waals surface area contributed by atoms with Gasteiger partial charge in [-0.25, -0.2) is 4.98 Å². The second-order valence-corrected chi connectivity index (χ2v) is 5.82. The molecule has 0 radical (unpaired) electrons. The van der Waals surface area contributed by atoms with Gasteiger partial charge in [0.05, 0.1) is 23.4 Å². The molecule has 1 fully saturated rings.